The Balaban J connectivity index is 2.50. The molecule has 0 N–H and O–H groups in total. The van der Waals surface area contributed by atoms with Gasteiger partial charge >= 0.3 is 0 Å². The van der Waals surface area contributed by atoms with Crippen LogP contribution in [0.3, 0.4) is 0 Å². The minimum atomic E-state index is -0.0486. The van der Waals surface area contributed by atoms with E-state index >= 15 is 0 Å². The maximum atomic E-state index is 5.54. The molecule has 1 aliphatic rings. The topological polar surface area (TPSA) is 12.4 Å². The molecule has 1 rings (SSSR count). The van der Waals surface area contributed by atoms with Gasteiger partial charge in [0.05, 0.1) is 0 Å². The van der Waals surface area contributed by atoms with E-state index in [1.54, 1.807) is 0 Å². The molecule has 1 heterocycles. The van der Waals surface area contributed by atoms with Gasteiger partial charge in [-0.05, 0) is 6.42 Å². The fourth-order valence-electron chi connectivity index (χ4n) is 0.519. The molecule has 0 aromatic carbocycles. The van der Waals surface area contributed by atoms with Crippen LogP contribution in [0.5, 0.6) is 0 Å². The van der Waals surface area contributed by atoms with Gasteiger partial charge < -0.3 is 0 Å². The van der Waals surface area contributed by atoms with E-state index in [2.05, 4.69) is 4.99 Å². The lowest BCUT2D eigenvalue weighted by Gasteiger charge is -1.85. The second-order valence-corrected chi connectivity index (χ2v) is 2.42. The molecule has 1 aliphatic heterocycles. The van der Waals surface area contributed by atoms with Crippen molar-refractivity contribution in [1.29, 1.82) is 0 Å². The van der Waals surface area contributed by atoms with E-state index in [1.807, 2.05) is 0 Å². The molecule has 3 heteroatoms. The van der Waals surface area contributed by atoms with Crippen LogP contribution in [0, 0.1) is 0 Å². The highest BCUT2D eigenvalue weighted by Crippen LogP contribution is 2.17. The molecule has 0 amide bonds. The fourth-order valence-corrected chi connectivity index (χ4v) is 1.02. The van der Waals surface area contributed by atoms with Crippen molar-refractivity contribution in [2.45, 2.75) is 18.3 Å². The van der Waals surface area contributed by atoms with Gasteiger partial charge in [0, 0.05) is 6.42 Å². The molecule has 0 saturated heterocycles. The molecular weight excluding hydrogens is 133 g/mol. The van der Waals surface area contributed by atoms with Gasteiger partial charge in [-0.3, -0.25) is 4.99 Å². The molecule has 1 unspecified atom stereocenters. The summed E-state index contributed by atoms with van der Waals surface area (Å²) in [6.45, 7) is 0. The van der Waals surface area contributed by atoms with Gasteiger partial charge in [0.15, 0.2) is 0 Å². The highest BCUT2D eigenvalue weighted by Gasteiger charge is 2.11. The third-order valence-electron chi connectivity index (χ3n) is 0.869. The standard InChI is InChI=1S/C4H5Cl2N/c5-3-1-2-4(6)7-3/h3H,1-2H2. The number of halogens is 2. The van der Waals surface area contributed by atoms with E-state index in [0.29, 0.717) is 5.17 Å². The molecule has 0 fully saturated rings. The Kier molecular flexibility index (Phi) is 1.55. The average molecular weight is 138 g/mol. The quantitative estimate of drug-likeness (QED) is 0.358. The van der Waals surface area contributed by atoms with Crippen molar-refractivity contribution in [3.8, 4) is 0 Å². The van der Waals surface area contributed by atoms with Gasteiger partial charge in [-0.2, -0.15) is 0 Å². The van der Waals surface area contributed by atoms with Crippen molar-refractivity contribution in [3.63, 3.8) is 0 Å². The average Bonchev–Trinajstić information content (AvgIpc) is 1.87. The van der Waals surface area contributed by atoms with Crippen LogP contribution in [-0.4, -0.2) is 10.7 Å². The van der Waals surface area contributed by atoms with Crippen molar-refractivity contribution in [3.05, 3.63) is 0 Å². The monoisotopic (exact) mass is 137 g/mol. The van der Waals surface area contributed by atoms with E-state index in [4.69, 9.17) is 23.2 Å². The van der Waals surface area contributed by atoms with E-state index in [0.717, 1.165) is 12.8 Å². The van der Waals surface area contributed by atoms with Crippen molar-refractivity contribution in [2.75, 3.05) is 0 Å². The van der Waals surface area contributed by atoms with Crippen LogP contribution in [0.15, 0.2) is 4.99 Å². The Morgan fingerprint density at radius 1 is 1.71 bits per heavy atom. The van der Waals surface area contributed by atoms with Crippen LogP contribution in [0.1, 0.15) is 12.8 Å². The third kappa shape index (κ3) is 1.32. The lowest BCUT2D eigenvalue weighted by molar-refractivity contribution is 0.881. The van der Waals surface area contributed by atoms with Gasteiger partial charge in [0.2, 0.25) is 0 Å². The molecule has 0 bridgehead atoms. The Labute approximate surface area is 52.3 Å². The molecule has 0 saturated carbocycles. The van der Waals surface area contributed by atoms with Gasteiger partial charge in [-0.1, -0.05) is 23.2 Å². The summed E-state index contributed by atoms with van der Waals surface area (Å²) in [5.41, 5.74) is -0.0486. The van der Waals surface area contributed by atoms with Gasteiger partial charge in [0.25, 0.3) is 0 Å². The zero-order valence-corrected chi connectivity index (χ0v) is 5.21. The normalized spacial score (nSPS) is 30.6. The Morgan fingerprint density at radius 3 is 2.57 bits per heavy atom. The fraction of sp³-hybridized carbons (Fsp3) is 0.750. The predicted molar refractivity (Wildman–Crippen MR) is 32.2 cm³/mol. The summed E-state index contributed by atoms with van der Waals surface area (Å²) in [5.74, 6) is 0. The van der Waals surface area contributed by atoms with Gasteiger partial charge in [-0.15, -0.1) is 0 Å². The summed E-state index contributed by atoms with van der Waals surface area (Å²) in [6.07, 6.45) is 1.76. The molecule has 0 aliphatic carbocycles. The molecule has 0 radical (unpaired) electrons. The van der Waals surface area contributed by atoms with E-state index in [-0.39, 0.29) is 5.50 Å². The lowest BCUT2D eigenvalue weighted by atomic mass is 10.4. The largest absolute Gasteiger partial charge is 0.258 e. The predicted octanol–water partition coefficient (Wildman–Crippen LogP) is 1.98. The summed E-state index contributed by atoms with van der Waals surface area (Å²) in [7, 11) is 0. The number of nitrogens with zero attached hydrogens (tertiary/aromatic N) is 1. The highest BCUT2D eigenvalue weighted by molar-refractivity contribution is 6.65. The summed E-state index contributed by atoms with van der Waals surface area (Å²) in [5, 5.41) is 0.667. The Hall–Kier alpha value is 0.250. The number of hydrogen-bond acceptors (Lipinski definition) is 1. The Morgan fingerprint density at radius 2 is 2.43 bits per heavy atom. The SMILES string of the molecule is ClC1=NC(Cl)CC1. The Bertz CT molecular complexity index is 99.9. The number of rotatable bonds is 0. The third-order valence-corrected chi connectivity index (χ3v) is 1.47. The number of alkyl halides is 1. The van der Waals surface area contributed by atoms with Gasteiger partial charge in [0.1, 0.15) is 10.7 Å². The summed E-state index contributed by atoms with van der Waals surface area (Å²) >= 11 is 11.0. The first-order valence-corrected chi connectivity index (χ1v) is 2.97. The molecular formula is C4H5Cl2N. The molecule has 1 atom stereocenters. The number of aliphatic imine (C=N–C) groups is 1. The number of hydrogen-bond donors (Lipinski definition) is 0. The molecule has 0 spiro atoms. The van der Waals surface area contributed by atoms with Crippen LogP contribution in [-0.2, 0) is 0 Å². The van der Waals surface area contributed by atoms with Crippen molar-refractivity contribution >= 4 is 28.4 Å². The van der Waals surface area contributed by atoms with Gasteiger partial charge in [-0.25, -0.2) is 0 Å². The van der Waals surface area contributed by atoms with Crippen LogP contribution in [0.2, 0.25) is 0 Å². The van der Waals surface area contributed by atoms with Crippen LogP contribution in [0.25, 0.3) is 0 Å². The van der Waals surface area contributed by atoms with E-state index in [9.17, 15) is 0 Å². The summed E-state index contributed by atoms with van der Waals surface area (Å²) in [4.78, 5) is 3.84. The smallest absolute Gasteiger partial charge is 0.125 e. The summed E-state index contributed by atoms with van der Waals surface area (Å²) < 4.78 is 0. The minimum Gasteiger partial charge on any atom is -0.258 e. The van der Waals surface area contributed by atoms with Crippen LogP contribution < -0.4 is 0 Å². The first kappa shape index (κ1) is 5.39. The zero-order valence-electron chi connectivity index (χ0n) is 3.69. The summed E-state index contributed by atoms with van der Waals surface area (Å²) in [6, 6.07) is 0. The second-order valence-electron chi connectivity index (χ2n) is 1.48. The maximum Gasteiger partial charge on any atom is 0.125 e. The van der Waals surface area contributed by atoms with Crippen LogP contribution in [0.4, 0.5) is 0 Å². The molecule has 7 heavy (non-hydrogen) atoms. The molecule has 0 aromatic heterocycles. The molecule has 40 valence electrons. The van der Waals surface area contributed by atoms with Crippen molar-refractivity contribution in [1.82, 2.24) is 0 Å². The van der Waals surface area contributed by atoms with Crippen molar-refractivity contribution < 1.29 is 0 Å². The second kappa shape index (κ2) is 2.01. The molecule has 1 nitrogen and oxygen atoms in total. The van der Waals surface area contributed by atoms with Crippen LogP contribution >= 0.6 is 23.2 Å². The first-order valence-electron chi connectivity index (χ1n) is 2.15. The van der Waals surface area contributed by atoms with Crippen molar-refractivity contribution in [2.24, 2.45) is 4.99 Å². The maximum absolute atomic E-state index is 5.54. The molecule has 0 aromatic rings. The minimum absolute atomic E-state index is 0.0486. The lowest BCUT2D eigenvalue weighted by Crippen LogP contribution is -1.80. The highest BCUT2D eigenvalue weighted by atomic mass is 35.5. The van der Waals surface area contributed by atoms with E-state index < -0.39 is 0 Å². The zero-order chi connectivity index (χ0) is 5.28. The first-order chi connectivity index (χ1) is 3.29. The van der Waals surface area contributed by atoms with E-state index in [1.165, 1.54) is 0 Å².